The molecule has 2 unspecified atom stereocenters. The smallest absolute Gasteiger partial charge is 0.273 e. The minimum atomic E-state index is -0.437. The summed E-state index contributed by atoms with van der Waals surface area (Å²) < 4.78 is 16.4. The molecule has 2 aromatic carbocycles. The van der Waals surface area contributed by atoms with Crippen LogP contribution < -0.4 is 9.64 Å². The first-order valence-corrected chi connectivity index (χ1v) is 8.18. The van der Waals surface area contributed by atoms with E-state index in [1.54, 1.807) is 12.1 Å². The zero-order valence-electron chi connectivity index (χ0n) is 13.5. The van der Waals surface area contributed by atoms with Crippen LogP contribution in [0.15, 0.2) is 48.5 Å². The Morgan fingerprint density at radius 3 is 2.24 bits per heavy atom. The Bertz CT molecular complexity index is 742. The minimum absolute atomic E-state index is 0.00848. The summed E-state index contributed by atoms with van der Waals surface area (Å²) in [5.41, 5.74) is 1.09. The van der Waals surface area contributed by atoms with Gasteiger partial charge in [0.1, 0.15) is 11.5 Å². The third kappa shape index (κ3) is 4.26. The van der Waals surface area contributed by atoms with Crippen molar-refractivity contribution in [1.29, 1.82) is 0 Å². The van der Waals surface area contributed by atoms with E-state index >= 15 is 0 Å². The highest BCUT2D eigenvalue weighted by molar-refractivity contribution is 5.50. The molecule has 2 aliphatic rings. The third-order valence-corrected chi connectivity index (χ3v) is 4.12. The summed E-state index contributed by atoms with van der Waals surface area (Å²) in [5.74, 6) is 1.08. The van der Waals surface area contributed by atoms with Crippen molar-refractivity contribution in [3.8, 4) is 11.5 Å². The fourth-order valence-corrected chi connectivity index (χ4v) is 2.65. The molecule has 25 heavy (non-hydrogen) atoms. The van der Waals surface area contributed by atoms with Crippen molar-refractivity contribution < 1.29 is 19.1 Å². The van der Waals surface area contributed by atoms with Gasteiger partial charge in [-0.2, -0.15) is 0 Å². The van der Waals surface area contributed by atoms with Crippen LogP contribution in [0.1, 0.15) is 0 Å². The third-order valence-electron chi connectivity index (χ3n) is 4.12. The number of benzene rings is 2. The molecule has 0 radical (unpaired) electrons. The van der Waals surface area contributed by atoms with Gasteiger partial charge in [0, 0.05) is 24.8 Å². The molecule has 0 aliphatic carbocycles. The maximum absolute atomic E-state index is 10.8. The second-order valence-electron chi connectivity index (χ2n) is 6.17. The molecule has 0 aromatic heterocycles. The van der Waals surface area contributed by atoms with Crippen molar-refractivity contribution in [2.24, 2.45) is 0 Å². The molecule has 7 nitrogen and oxygen atoms in total. The fourth-order valence-electron chi connectivity index (χ4n) is 2.65. The zero-order valence-corrected chi connectivity index (χ0v) is 13.5. The Labute approximate surface area is 144 Å². The van der Waals surface area contributed by atoms with Gasteiger partial charge in [0.15, 0.2) is 0 Å². The molecule has 2 saturated heterocycles. The van der Waals surface area contributed by atoms with Crippen molar-refractivity contribution in [2.45, 2.75) is 12.2 Å². The zero-order chi connectivity index (χ0) is 17.2. The molecule has 130 valence electrons. The highest BCUT2D eigenvalue weighted by atomic mass is 16.6. The summed E-state index contributed by atoms with van der Waals surface area (Å²) in [5, 5.41) is 10.8. The molecule has 7 heteroatoms. The first-order chi connectivity index (χ1) is 12.2. The minimum Gasteiger partial charge on any atom is -0.457 e. The van der Waals surface area contributed by atoms with Crippen LogP contribution in [0.25, 0.3) is 0 Å². The Morgan fingerprint density at radius 2 is 1.68 bits per heavy atom. The van der Waals surface area contributed by atoms with E-state index in [1.165, 1.54) is 12.1 Å². The lowest BCUT2D eigenvalue weighted by Crippen LogP contribution is -2.31. The normalized spacial score (nSPS) is 20.8. The monoisotopic (exact) mass is 342 g/mol. The average Bonchev–Trinajstić information content (AvgIpc) is 3.51. The van der Waals surface area contributed by atoms with Gasteiger partial charge in [0.2, 0.25) is 0 Å². The molecule has 2 atom stereocenters. The molecule has 2 aliphatic heterocycles. The lowest BCUT2D eigenvalue weighted by atomic mass is 10.2. The molecule has 2 heterocycles. The van der Waals surface area contributed by atoms with Crippen molar-refractivity contribution in [3.05, 3.63) is 58.6 Å². The SMILES string of the molecule is O=[N+]([O-])c1cccc(Oc2ccc(N(CC3CO3)CC3CO3)cc2)c1. The maximum atomic E-state index is 10.8. The van der Waals surface area contributed by atoms with Gasteiger partial charge in [-0.3, -0.25) is 10.1 Å². The number of hydrogen-bond acceptors (Lipinski definition) is 6. The second-order valence-corrected chi connectivity index (χ2v) is 6.17. The highest BCUT2D eigenvalue weighted by Crippen LogP contribution is 2.28. The van der Waals surface area contributed by atoms with E-state index in [2.05, 4.69) is 4.90 Å². The Kier molecular flexibility index (Phi) is 4.25. The fraction of sp³-hybridized carbons (Fsp3) is 0.333. The first-order valence-electron chi connectivity index (χ1n) is 8.18. The van der Waals surface area contributed by atoms with Gasteiger partial charge in [-0.05, 0) is 30.3 Å². The largest absolute Gasteiger partial charge is 0.457 e. The predicted molar refractivity (Wildman–Crippen MR) is 91.3 cm³/mol. The van der Waals surface area contributed by atoms with Gasteiger partial charge in [-0.1, -0.05) is 6.07 Å². The van der Waals surface area contributed by atoms with Crippen LogP contribution in [0.4, 0.5) is 11.4 Å². The molecule has 2 aromatic rings. The van der Waals surface area contributed by atoms with Crippen LogP contribution in [0, 0.1) is 10.1 Å². The summed E-state index contributed by atoms with van der Waals surface area (Å²) in [7, 11) is 0. The van der Waals surface area contributed by atoms with Gasteiger partial charge in [0.05, 0.1) is 36.4 Å². The molecule has 2 fully saturated rings. The summed E-state index contributed by atoms with van der Waals surface area (Å²) in [6.45, 7) is 3.34. The first kappa shape index (κ1) is 15.9. The van der Waals surface area contributed by atoms with Gasteiger partial charge in [0.25, 0.3) is 5.69 Å². The molecule has 0 saturated carbocycles. The Morgan fingerprint density at radius 1 is 1.04 bits per heavy atom. The van der Waals surface area contributed by atoms with E-state index in [-0.39, 0.29) is 5.69 Å². The lowest BCUT2D eigenvalue weighted by Gasteiger charge is -2.23. The lowest BCUT2D eigenvalue weighted by molar-refractivity contribution is -0.384. The summed E-state index contributed by atoms with van der Waals surface area (Å²) in [6, 6.07) is 13.8. The van der Waals surface area contributed by atoms with Crippen LogP contribution in [0.3, 0.4) is 0 Å². The number of nitro groups is 1. The van der Waals surface area contributed by atoms with Gasteiger partial charge in [-0.25, -0.2) is 0 Å². The number of anilines is 1. The van der Waals surface area contributed by atoms with E-state index in [9.17, 15) is 10.1 Å². The summed E-state index contributed by atoms with van der Waals surface area (Å²) >= 11 is 0. The molecule has 4 rings (SSSR count). The number of rotatable bonds is 8. The number of epoxide rings is 2. The molecular weight excluding hydrogens is 324 g/mol. The quantitative estimate of drug-likeness (QED) is 0.417. The standard InChI is InChI=1S/C18H18N2O5/c21-20(22)14-2-1-3-16(8-14)25-15-6-4-13(5-7-15)19(9-17-11-23-17)10-18-12-24-18/h1-8,17-18H,9-12H2. The number of nitrogens with zero attached hydrogens (tertiary/aromatic N) is 2. The van der Waals surface area contributed by atoms with Gasteiger partial charge >= 0.3 is 0 Å². The van der Waals surface area contributed by atoms with Crippen LogP contribution in [0.2, 0.25) is 0 Å². The molecular formula is C18H18N2O5. The van der Waals surface area contributed by atoms with Gasteiger partial charge in [-0.15, -0.1) is 0 Å². The van der Waals surface area contributed by atoms with E-state index in [0.29, 0.717) is 23.7 Å². The van der Waals surface area contributed by atoms with E-state index in [0.717, 1.165) is 32.0 Å². The second kappa shape index (κ2) is 6.70. The summed E-state index contributed by atoms with van der Waals surface area (Å²) in [4.78, 5) is 12.7. The predicted octanol–water partition coefficient (Wildman–Crippen LogP) is 2.99. The van der Waals surface area contributed by atoms with E-state index < -0.39 is 4.92 Å². The Hall–Kier alpha value is -2.64. The van der Waals surface area contributed by atoms with Crippen LogP contribution in [-0.4, -0.2) is 43.4 Å². The topological polar surface area (TPSA) is 80.7 Å². The van der Waals surface area contributed by atoms with Crippen molar-refractivity contribution >= 4 is 11.4 Å². The van der Waals surface area contributed by atoms with Gasteiger partial charge < -0.3 is 19.1 Å². The van der Waals surface area contributed by atoms with Crippen molar-refractivity contribution in [3.63, 3.8) is 0 Å². The highest BCUT2D eigenvalue weighted by Gasteiger charge is 2.30. The number of non-ortho nitro benzene ring substituents is 1. The van der Waals surface area contributed by atoms with Crippen LogP contribution >= 0.6 is 0 Å². The van der Waals surface area contributed by atoms with E-state index in [4.69, 9.17) is 14.2 Å². The van der Waals surface area contributed by atoms with Crippen LogP contribution in [-0.2, 0) is 9.47 Å². The average molecular weight is 342 g/mol. The molecule has 0 N–H and O–H groups in total. The van der Waals surface area contributed by atoms with Crippen LogP contribution in [0.5, 0.6) is 11.5 Å². The van der Waals surface area contributed by atoms with Crippen molar-refractivity contribution in [1.82, 2.24) is 0 Å². The van der Waals surface area contributed by atoms with Crippen molar-refractivity contribution in [2.75, 3.05) is 31.2 Å². The number of nitro benzene ring substituents is 1. The van der Waals surface area contributed by atoms with E-state index in [1.807, 2.05) is 24.3 Å². The molecule has 0 bridgehead atoms. The maximum Gasteiger partial charge on any atom is 0.273 e. The Balaban J connectivity index is 1.45. The summed E-state index contributed by atoms with van der Waals surface area (Å²) in [6.07, 6.45) is 0.610. The number of ether oxygens (including phenoxy) is 3. The number of hydrogen-bond donors (Lipinski definition) is 0. The molecule has 0 amide bonds. The molecule has 0 spiro atoms.